The summed E-state index contributed by atoms with van der Waals surface area (Å²) < 4.78 is 0. The van der Waals surface area contributed by atoms with Crippen LogP contribution in [0.25, 0.3) is 45.0 Å². The molecule has 0 amide bonds. The number of rotatable bonds is 4. The van der Waals surface area contributed by atoms with Crippen molar-refractivity contribution in [1.82, 2.24) is 15.0 Å². The molecule has 0 fully saturated rings. The number of nitrogens with zero attached hydrogens (tertiary/aromatic N) is 3. The highest BCUT2D eigenvalue weighted by Crippen LogP contribution is 2.27. The molecular weight excluding hydrogens is 402 g/mol. The zero-order valence-corrected chi connectivity index (χ0v) is 17.4. The Kier molecular flexibility index (Phi) is 5.26. The third-order valence-corrected chi connectivity index (χ3v) is 5.26. The molecule has 0 spiro atoms. The molecule has 1 aromatic heterocycles. The second-order valence-electron chi connectivity index (χ2n) is 7.14. The van der Waals surface area contributed by atoms with Gasteiger partial charge in [0.1, 0.15) is 0 Å². The first-order valence-electron chi connectivity index (χ1n) is 9.99. The highest BCUT2D eigenvalue weighted by Gasteiger charge is 2.11. The molecule has 4 heteroatoms. The normalized spacial score (nSPS) is 10.7. The van der Waals surface area contributed by atoms with E-state index < -0.39 is 0 Å². The first kappa shape index (κ1) is 19.2. The summed E-state index contributed by atoms with van der Waals surface area (Å²) in [6, 6.07) is 36.8. The predicted molar refractivity (Wildman–Crippen MR) is 127 cm³/mol. The SMILES string of the molecule is Clc1nc(-c2ccc(-c3ccccc3)cc2)nc(-c2cccc(-c3ccccc3)c2)n1. The van der Waals surface area contributed by atoms with Crippen LogP contribution in [0.5, 0.6) is 0 Å². The van der Waals surface area contributed by atoms with Gasteiger partial charge in [0.15, 0.2) is 11.6 Å². The molecule has 0 N–H and O–H groups in total. The molecule has 0 aliphatic rings. The number of halogens is 1. The van der Waals surface area contributed by atoms with E-state index in [-0.39, 0.29) is 5.28 Å². The molecule has 0 saturated heterocycles. The van der Waals surface area contributed by atoms with E-state index in [2.05, 4.69) is 58.5 Å². The maximum Gasteiger partial charge on any atom is 0.226 e. The fourth-order valence-corrected chi connectivity index (χ4v) is 3.68. The predicted octanol–water partition coefficient (Wildman–Crippen LogP) is 7.19. The van der Waals surface area contributed by atoms with E-state index in [9.17, 15) is 0 Å². The summed E-state index contributed by atoms with van der Waals surface area (Å²) in [5, 5.41) is 0.178. The van der Waals surface area contributed by atoms with E-state index in [1.165, 1.54) is 5.56 Å². The van der Waals surface area contributed by atoms with Gasteiger partial charge in [0.2, 0.25) is 5.28 Å². The van der Waals surface area contributed by atoms with Gasteiger partial charge in [-0.25, -0.2) is 4.98 Å². The molecule has 0 bridgehead atoms. The van der Waals surface area contributed by atoms with Crippen molar-refractivity contribution in [2.45, 2.75) is 0 Å². The third kappa shape index (κ3) is 4.23. The first-order chi connectivity index (χ1) is 15.3. The zero-order chi connectivity index (χ0) is 21.0. The number of hydrogen-bond acceptors (Lipinski definition) is 3. The molecule has 148 valence electrons. The van der Waals surface area contributed by atoms with E-state index in [0.29, 0.717) is 11.6 Å². The smallest absolute Gasteiger partial charge is 0.208 e. The number of benzene rings is 4. The minimum absolute atomic E-state index is 0.178. The summed E-state index contributed by atoms with van der Waals surface area (Å²) in [6.07, 6.45) is 0. The highest BCUT2D eigenvalue weighted by atomic mass is 35.5. The van der Waals surface area contributed by atoms with Crippen molar-refractivity contribution in [1.29, 1.82) is 0 Å². The second kappa shape index (κ2) is 8.50. The molecule has 0 unspecified atom stereocenters. The lowest BCUT2D eigenvalue weighted by molar-refractivity contribution is 1.07. The molecule has 4 aromatic carbocycles. The Labute approximate surface area is 186 Å². The van der Waals surface area contributed by atoms with E-state index in [0.717, 1.165) is 27.8 Å². The van der Waals surface area contributed by atoms with Gasteiger partial charge in [-0.15, -0.1) is 0 Å². The van der Waals surface area contributed by atoms with Crippen molar-refractivity contribution in [3.63, 3.8) is 0 Å². The second-order valence-corrected chi connectivity index (χ2v) is 7.48. The van der Waals surface area contributed by atoms with Crippen LogP contribution >= 0.6 is 11.6 Å². The minimum Gasteiger partial charge on any atom is -0.208 e. The highest BCUT2D eigenvalue weighted by molar-refractivity contribution is 6.28. The summed E-state index contributed by atoms with van der Waals surface area (Å²) in [7, 11) is 0. The summed E-state index contributed by atoms with van der Waals surface area (Å²) in [5.74, 6) is 1.11. The number of hydrogen-bond donors (Lipinski definition) is 0. The average molecular weight is 420 g/mol. The summed E-state index contributed by atoms with van der Waals surface area (Å²) in [6.45, 7) is 0. The van der Waals surface area contributed by atoms with E-state index in [1.807, 2.05) is 60.7 Å². The molecule has 5 aromatic rings. The van der Waals surface area contributed by atoms with Crippen molar-refractivity contribution >= 4 is 11.6 Å². The van der Waals surface area contributed by atoms with Gasteiger partial charge in [0.25, 0.3) is 0 Å². The summed E-state index contributed by atoms with van der Waals surface area (Å²) in [4.78, 5) is 13.4. The fourth-order valence-electron chi connectivity index (χ4n) is 3.52. The van der Waals surface area contributed by atoms with Crippen molar-refractivity contribution < 1.29 is 0 Å². The van der Waals surface area contributed by atoms with Crippen molar-refractivity contribution in [3.8, 4) is 45.0 Å². The molecule has 3 nitrogen and oxygen atoms in total. The quantitative estimate of drug-likeness (QED) is 0.309. The topological polar surface area (TPSA) is 38.7 Å². The Morgan fingerprint density at radius 2 is 0.839 bits per heavy atom. The number of aromatic nitrogens is 3. The maximum absolute atomic E-state index is 6.27. The van der Waals surface area contributed by atoms with Gasteiger partial charge in [-0.3, -0.25) is 0 Å². The van der Waals surface area contributed by atoms with Crippen LogP contribution < -0.4 is 0 Å². The Morgan fingerprint density at radius 3 is 1.48 bits per heavy atom. The zero-order valence-electron chi connectivity index (χ0n) is 16.6. The summed E-state index contributed by atoms with van der Waals surface area (Å²) in [5.41, 5.74) is 6.34. The van der Waals surface area contributed by atoms with E-state index in [4.69, 9.17) is 16.6 Å². The van der Waals surface area contributed by atoms with Gasteiger partial charge in [-0.1, -0.05) is 103 Å². The Hall–Kier alpha value is -3.82. The van der Waals surface area contributed by atoms with Gasteiger partial charge >= 0.3 is 0 Å². The van der Waals surface area contributed by atoms with E-state index in [1.54, 1.807) is 0 Å². The minimum atomic E-state index is 0.178. The first-order valence-corrected chi connectivity index (χ1v) is 10.4. The van der Waals surface area contributed by atoms with Crippen LogP contribution in [0.15, 0.2) is 109 Å². The molecule has 5 rings (SSSR count). The monoisotopic (exact) mass is 419 g/mol. The molecule has 0 atom stereocenters. The fraction of sp³-hybridized carbons (Fsp3) is 0. The molecule has 0 saturated carbocycles. The average Bonchev–Trinajstić information content (AvgIpc) is 2.85. The molecule has 31 heavy (non-hydrogen) atoms. The van der Waals surface area contributed by atoms with E-state index >= 15 is 0 Å². The van der Waals surface area contributed by atoms with Crippen molar-refractivity contribution in [2.24, 2.45) is 0 Å². The van der Waals surface area contributed by atoms with Crippen LogP contribution in [0.1, 0.15) is 0 Å². The van der Waals surface area contributed by atoms with Crippen molar-refractivity contribution in [2.75, 3.05) is 0 Å². The third-order valence-electron chi connectivity index (χ3n) is 5.09. The van der Waals surface area contributed by atoms with Crippen molar-refractivity contribution in [3.05, 3.63) is 114 Å². The maximum atomic E-state index is 6.27. The lowest BCUT2D eigenvalue weighted by atomic mass is 10.0. The van der Waals surface area contributed by atoms with Gasteiger partial charge < -0.3 is 0 Å². The van der Waals surface area contributed by atoms with Gasteiger partial charge in [0, 0.05) is 11.1 Å². The van der Waals surface area contributed by atoms with Crippen LogP contribution in [0.2, 0.25) is 5.28 Å². The standard InChI is InChI=1S/C27H18ClN3/c28-27-30-25(22-16-14-21(15-17-22)19-8-3-1-4-9-19)29-26(31-27)24-13-7-12-23(18-24)20-10-5-2-6-11-20/h1-18H. The lowest BCUT2D eigenvalue weighted by Gasteiger charge is -2.08. The summed E-state index contributed by atoms with van der Waals surface area (Å²) >= 11 is 6.27. The Balaban J connectivity index is 1.50. The molecule has 0 aliphatic carbocycles. The lowest BCUT2D eigenvalue weighted by Crippen LogP contribution is -1.97. The Bertz CT molecular complexity index is 1320. The van der Waals surface area contributed by atoms with Crippen LogP contribution in [0.3, 0.4) is 0 Å². The van der Waals surface area contributed by atoms with Gasteiger partial charge in [0.05, 0.1) is 0 Å². The van der Waals surface area contributed by atoms with Crippen LogP contribution in [-0.4, -0.2) is 15.0 Å². The molecule has 0 aliphatic heterocycles. The van der Waals surface area contributed by atoms with Gasteiger partial charge in [-0.05, 0) is 39.9 Å². The molecule has 1 heterocycles. The largest absolute Gasteiger partial charge is 0.226 e. The van der Waals surface area contributed by atoms with Crippen LogP contribution in [-0.2, 0) is 0 Å². The van der Waals surface area contributed by atoms with Gasteiger partial charge in [-0.2, -0.15) is 9.97 Å². The van der Waals surface area contributed by atoms with Crippen LogP contribution in [0.4, 0.5) is 0 Å². The molecule has 0 radical (unpaired) electrons. The van der Waals surface area contributed by atoms with Crippen LogP contribution in [0, 0.1) is 0 Å². The Morgan fingerprint density at radius 1 is 0.387 bits per heavy atom. The molecular formula is C27H18ClN3.